The molecule has 4 aromatic rings. The molecule has 0 radical (unpaired) electrons. The highest BCUT2D eigenvalue weighted by molar-refractivity contribution is 7.99. The molecule has 0 fully saturated rings. The Morgan fingerprint density at radius 3 is 2.46 bits per heavy atom. The molecule has 37 heavy (non-hydrogen) atoms. The number of para-hydroxylation sites is 1. The van der Waals surface area contributed by atoms with Gasteiger partial charge in [0.1, 0.15) is 11.5 Å². The predicted octanol–water partition coefficient (Wildman–Crippen LogP) is 5.30. The third-order valence-corrected chi connectivity index (χ3v) is 6.62. The molecule has 3 aromatic carbocycles. The molecule has 0 saturated heterocycles. The lowest BCUT2D eigenvalue weighted by atomic mass is 10.1. The zero-order valence-electron chi connectivity index (χ0n) is 20.9. The number of methoxy groups -OCH3 is 2. The molecule has 0 aliphatic carbocycles. The van der Waals surface area contributed by atoms with Crippen LogP contribution in [-0.4, -0.2) is 47.2 Å². The Morgan fingerprint density at radius 1 is 1.03 bits per heavy atom. The van der Waals surface area contributed by atoms with Gasteiger partial charge in [-0.3, -0.25) is 9.36 Å². The van der Waals surface area contributed by atoms with E-state index < -0.39 is 0 Å². The van der Waals surface area contributed by atoms with E-state index in [9.17, 15) is 4.79 Å². The standard InChI is InChI=1S/C28H27N5O3S/c1-20-10-12-21(13-11-20)27-30-31-28(33(27)24-18-23(35-2)14-15-25(24)36-3)37-19-26(34)32(17-7-16-29)22-8-5-4-6-9-22/h4-6,8-15,18H,7,17,19H2,1-3H3. The van der Waals surface area contributed by atoms with Gasteiger partial charge in [-0.1, -0.05) is 59.8 Å². The van der Waals surface area contributed by atoms with Crippen molar-refractivity contribution >= 4 is 23.4 Å². The van der Waals surface area contributed by atoms with Gasteiger partial charge in [0, 0.05) is 23.9 Å². The molecule has 0 atom stereocenters. The van der Waals surface area contributed by atoms with E-state index in [-0.39, 0.29) is 18.1 Å². The highest BCUT2D eigenvalue weighted by atomic mass is 32.2. The van der Waals surface area contributed by atoms with Crippen LogP contribution in [0.4, 0.5) is 5.69 Å². The minimum absolute atomic E-state index is 0.110. The number of aromatic nitrogens is 3. The van der Waals surface area contributed by atoms with E-state index in [1.54, 1.807) is 19.1 Å². The molecule has 9 heteroatoms. The van der Waals surface area contributed by atoms with Crippen LogP contribution in [-0.2, 0) is 4.79 Å². The Hall–Kier alpha value is -4.29. The number of anilines is 1. The van der Waals surface area contributed by atoms with Crippen molar-refractivity contribution < 1.29 is 14.3 Å². The Balaban J connectivity index is 1.72. The molecule has 1 aromatic heterocycles. The summed E-state index contributed by atoms with van der Waals surface area (Å²) in [6.45, 7) is 2.34. The molecule has 1 heterocycles. The van der Waals surface area contributed by atoms with Gasteiger partial charge in [-0.25, -0.2) is 0 Å². The first kappa shape index (κ1) is 25.8. The molecule has 0 unspecified atom stereocenters. The third-order valence-electron chi connectivity index (χ3n) is 5.71. The van der Waals surface area contributed by atoms with Crippen molar-refractivity contribution in [2.45, 2.75) is 18.5 Å². The number of ether oxygens (including phenoxy) is 2. The van der Waals surface area contributed by atoms with Crippen molar-refractivity contribution in [3.05, 3.63) is 78.4 Å². The van der Waals surface area contributed by atoms with Crippen LogP contribution in [0, 0.1) is 18.3 Å². The second-order valence-electron chi connectivity index (χ2n) is 8.12. The van der Waals surface area contributed by atoms with Crippen LogP contribution in [0.3, 0.4) is 0 Å². The summed E-state index contributed by atoms with van der Waals surface area (Å²) in [5, 5.41) is 18.6. The van der Waals surface area contributed by atoms with Gasteiger partial charge in [-0.15, -0.1) is 10.2 Å². The SMILES string of the molecule is COc1ccc(OC)c(-n2c(SCC(=O)N(CCC#N)c3ccccc3)nnc2-c2ccc(C)cc2)c1. The molecular weight excluding hydrogens is 486 g/mol. The van der Waals surface area contributed by atoms with Crippen LogP contribution < -0.4 is 14.4 Å². The van der Waals surface area contributed by atoms with Crippen molar-refractivity contribution in [3.63, 3.8) is 0 Å². The topological polar surface area (TPSA) is 93.3 Å². The van der Waals surface area contributed by atoms with Crippen molar-refractivity contribution in [2.24, 2.45) is 0 Å². The Labute approximate surface area is 220 Å². The van der Waals surface area contributed by atoms with Crippen LogP contribution in [0.5, 0.6) is 11.5 Å². The van der Waals surface area contributed by atoms with Crippen molar-refractivity contribution in [1.82, 2.24) is 14.8 Å². The number of aryl methyl sites for hydroxylation is 1. The zero-order chi connectivity index (χ0) is 26.2. The maximum Gasteiger partial charge on any atom is 0.237 e. The zero-order valence-corrected chi connectivity index (χ0v) is 21.7. The first-order valence-corrected chi connectivity index (χ1v) is 12.6. The number of thioether (sulfide) groups is 1. The molecule has 4 rings (SSSR count). The van der Waals surface area contributed by atoms with Crippen molar-refractivity contribution in [2.75, 3.05) is 31.4 Å². The normalized spacial score (nSPS) is 10.5. The van der Waals surface area contributed by atoms with Gasteiger partial charge in [0.25, 0.3) is 0 Å². The van der Waals surface area contributed by atoms with Crippen LogP contribution in [0.15, 0.2) is 78.0 Å². The number of hydrogen-bond donors (Lipinski definition) is 0. The minimum Gasteiger partial charge on any atom is -0.497 e. The van der Waals surface area contributed by atoms with Crippen molar-refractivity contribution in [3.8, 4) is 34.6 Å². The smallest absolute Gasteiger partial charge is 0.237 e. The van der Waals surface area contributed by atoms with E-state index in [1.807, 2.05) is 84.3 Å². The summed E-state index contributed by atoms with van der Waals surface area (Å²) in [4.78, 5) is 14.9. The molecule has 0 N–H and O–H groups in total. The van der Waals surface area contributed by atoms with E-state index in [2.05, 4.69) is 16.3 Å². The number of carbonyl (C=O) groups excluding carboxylic acids is 1. The molecule has 188 valence electrons. The maximum atomic E-state index is 13.3. The number of nitriles is 1. The lowest BCUT2D eigenvalue weighted by molar-refractivity contribution is -0.116. The number of nitrogens with zero attached hydrogens (tertiary/aromatic N) is 5. The summed E-state index contributed by atoms with van der Waals surface area (Å²) in [7, 11) is 3.21. The van der Waals surface area contributed by atoms with Crippen LogP contribution >= 0.6 is 11.8 Å². The lowest BCUT2D eigenvalue weighted by Gasteiger charge is -2.21. The quantitative estimate of drug-likeness (QED) is 0.266. The molecule has 8 nitrogen and oxygen atoms in total. The molecular formula is C28H27N5O3S. The summed E-state index contributed by atoms with van der Waals surface area (Å²) < 4.78 is 13.0. The molecule has 0 aliphatic heterocycles. The summed E-state index contributed by atoms with van der Waals surface area (Å²) in [5.41, 5.74) is 3.45. The maximum absolute atomic E-state index is 13.3. The third kappa shape index (κ3) is 5.93. The first-order chi connectivity index (χ1) is 18.0. The number of amides is 1. The van der Waals surface area contributed by atoms with E-state index >= 15 is 0 Å². The summed E-state index contributed by atoms with van der Waals surface area (Å²) in [6, 6.07) is 25.0. The van der Waals surface area contributed by atoms with Gasteiger partial charge in [-0.2, -0.15) is 5.26 Å². The van der Waals surface area contributed by atoms with Gasteiger partial charge >= 0.3 is 0 Å². The Kier molecular flexibility index (Phi) is 8.44. The summed E-state index contributed by atoms with van der Waals surface area (Å²) >= 11 is 1.28. The lowest BCUT2D eigenvalue weighted by Crippen LogP contribution is -2.33. The fourth-order valence-electron chi connectivity index (χ4n) is 3.81. The second-order valence-corrected chi connectivity index (χ2v) is 9.07. The fourth-order valence-corrected chi connectivity index (χ4v) is 4.63. The molecule has 0 bridgehead atoms. The van der Waals surface area contributed by atoms with E-state index in [1.165, 1.54) is 11.8 Å². The summed E-state index contributed by atoms with van der Waals surface area (Å²) in [5.74, 6) is 1.86. The van der Waals surface area contributed by atoms with Gasteiger partial charge in [0.15, 0.2) is 11.0 Å². The minimum atomic E-state index is -0.129. The summed E-state index contributed by atoms with van der Waals surface area (Å²) in [6.07, 6.45) is 0.236. The molecule has 0 aliphatic rings. The largest absolute Gasteiger partial charge is 0.497 e. The highest BCUT2D eigenvalue weighted by Crippen LogP contribution is 2.35. The fraction of sp³-hybridized carbons (Fsp3) is 0.214. The van der Waals surface area contributed by atoms with Gasteiger partial charge < -0.3 is 14.4 Å². The van der Waals surface area contributed by atoms with E-state index in [4.69, 9.17) is 14.7 Å². The molecule has 1 amide bonds. The Bertz CT molecular complexity index is 1400. The average molecular weight is 514 g/mol. The second kappa shape index (κ2) is 12.1. The number of benzene rings is 3. The first-order valence-electron chi connectivity index (χ1n) is 11.7. The van der Waals surface area contributed by atoms with E-state index in [0.29, 0.717) is 34.7 Å². The molecule has 0 spiro atoms. The van der Waals surface area contributed by atoms with Crippen LogP contribution in [0.1, 0.15) is 12.0 Å². The Morgan fingerprint density at radius 2 is 1.78 bits per heavy atom. The molecule has 0 saturated carbocycles. The highest BCUT2D eigenvalue weighted by Gasteiger charge is 2.22. The van der Waals surface area contributed by atoms with Crippen LogP contribution in [0.2, 0.25) is 0 Å². The monoisotopic (exact) mass is 513 g/mol. The number of carbonyl (C=O) groups is 1. The van der Waals surface area contributed by atoms with Gasteiger partial charge in [0.2, 0.25) is 5.91 Å². The van der Waals surface area contributed by atoms with Gasteiger partial charge in [-0.05, 0) is 31.2 Å². The van der Waals surface area contributed by atoms with Crippen molar-refractivity contribution in [1.29, 1.82) is 5.26 Å². The van der Waals surface area contributed by atoms with Crippen LogP contribution in [0.25, 0.3) is 17.1 Å². The average Bonchev–Trinajstić information content (AvgIpc) is 3.36. The van der Waals surface area contributed by atoms with E-state index in [0.717, 1.165) is 16.8 Å². The predicted molar refractivity (Wildman–Crippen MR) is 144 cm³/mol. The number of rotatable bonds is 10. The number of hydrogen-bond acceptors (Lipinski definition) is 7. The van der Waals surface area contributed by atoms with Gasteiger partial charge in [0.05, 0.1) is 38.1 Å².